The van der Waals surface area contributed by atoms with E-state index >= 15 is 0 Å². The lowest BCUT2D eigenvalue weighted by Gasteiger charge is -2.41. The Morgan fingerprint density at radius 3 is 2.43 bits per heavy atom. The Hall–Kier alpha value is -1.16. The second kappa shape index (κ2) is 10.6. The van der Waals surface area contributed by atoms with E-state index in [2.05, 4.69) is 15.4 Å². The molecule has 0 aromatic heterocycles. The predicted octanol–water partition coefficient (Wildman–Crippen LogP) is 4.07. The summed E-state index contributed by atoms with van der Waals surface area (Å²) in [7, 11) is 0. The van der Waals surface area contributed by atoms with Crippen LogP contribution in [0.4, 0.5) is 8.78 Å². The number of halogens is 3. The third kappa shape index (κ3) is 6.17. The first kappa shape index (κ1) is 23.1. The van der Waals surface area contributed by atoms with Crippen LogP contribution in [0.5, 0.6) is 5.75 Å². The largest absolute Gasteiger partial charge is 0.435 e. The van der Waals surface area contributed by atoms with Crippen LogP contribution in [0.3, 0.4) is 0 Å². The van der Waals surface area contributed by atoms with Gasteiger partial charge in [0, 0.05) is 19.6 Å². The van der Waals surface area contributed by atoms with Crippen LogP contribution >= 0.6 is 24.0 Å². The molecule has 0 bridgehead atoms. The molecule has 1 aromatic rings. The summed E-state index contributed by atoms with van der Waals surface area (Å²) in [6.07, 6.45) is 5.76. The van der Waals surface area contributed by atoms with Crippen LogP contribution in [0, 0.1) is 11.3 Å². The number of hydrogen-bond donors (Lipinski definition) is 3. The van der Waals surface area contributed by atoms with Crippen molar-refractivity contribution in [1.29, 1.82) is 0 Å². The number of ether oxygens (including phenoxy) is 1. The third-order valence-corrected chi connectivity index (χ3v) is 5.64. The van der Waals surface area contributed by atoms with Gasteiger partial charge in [0.2, 0.25) is 0 Å². The minimum Gasteiger partial charge on any atom is -0.435 e. The molecule has 158 valence electrons. The van der Waals surface area contributed by atoms with Crippen LogP contribution in [-0.4, -0.2) is 37.3 Å². The maximum atomic E-state index is 12.2. The van der Waals surface area contributed by atoms with Crippen LogP contribution in [-0.2, 0) is 0 Å². The van der Waals surface area contributed by atoms with Crippen molar-refractivity contribution in [2.75, 3.05) is 19.6 Å². The number of alkyl halides is 2. The molecule has 2 saturated carbocycles. The minimum absolute atomic E-state index is 0. The van der Waals surface area contributed by atoms with Gasteiger partial charge in [-0.2, -0.15) is 8.78 Å². The van der Waals surface area contributed by atoms with Crippen molar-refractivity contribution < 1.29 is 18.6 Å². The average Bonchev–Trinajstić information content (AvgIpc) is 3.44. The number of aliphatic hydroxyl groups excluding tert-OH is 1. The number of benzene rings is 1. The lowest BCUT2D eigenvalue weighted by Crippen LogP contribution is -2.42. The van der Waals surface area contributed by atoms with Crippen molar-refractivity contribution in [3.63, 3.8) is 0 Å². The molecule has 0 aliphatic heterocycles. The molecule has 8 heteroatoms. The highest BCUT2D eigenvalue weighted by molar-refractivity contribution is 14.0. The maximum absolute atomic E-state index is 12.2. The van der Waals surface area contributed by atoms with Gasteiger partial charge in [0.15, 0.2) is 5.96 Å². The van der Waals surface area contributed by atoms with Crippen LogP contribution in [0.1, 0.15) is 50.7 Å². The van der Waals surface area contributed by atoms with Gasteiger partial charge in [-0.15, -0.1) is 24.0 Å². The number of nitrogens with zero attached hydrogens (tertiary/aromatic N) is 1. The predicted molar refractivity (Wildman–Crippen MR) is 116 cm³/mol. The maximum Gasteiger partial charge on any atom is 0.387 e. The summed E-state index contributed by atoms with van der Waals surface area (Å²) in [5.41, 5.74) is 1.04. The van der Waals surface area contributed by atoms with Crippen LogP contribution in [0.2, 0.25) is 0 Å². The molecule has 28 heavy (non-hydrogen) atoms. The van der Waals surface area contributed by atoms with Gasteiger partial charge in [0.25, 0.3) is 0 Å². The molecule has 2 aliphatic rings. The van der Waals surface area contributed by atoms with E-state index in [-0.39, 0.29) is 36.3 Å². The fourth-order valence-electron chi connectivity index (χ4n) is 3.78. The van der Waals surface area contributed by atoms with E-state index in [1.807, 2.05) is 6.92 Å². The van der Waals surface area contributed by atoms with Gasteiger partial charge in [-0.1, -0.05) is 18.6 Å². The summed E-state index contributed by atoms with van der Waals surface area (Å²) >= 11 is 0. The molecule has 5 nitrogen and oxygen atoms in total. The SMILES string of the molecule is CCNC(=NCC1(C2CC2)CCC1)NCC(O)c1ccc(OC(F)F)cc1.I. The van der Waals surface area contributed by atoms with Gasteiger partial charge >= 0.3 is 6.61 Å². The molecule has 0 spiro atoms. The van der Waals surface area contributed by atoms with Crippen molar-refractivity contribution >= 4 is 29.9 Å². The Balaban J connectivity index is 0.00000280. The average molecular weight is 509 g/mol. The molecular formula is C20H30F2IN3O2. The smallest absolute Gasteiger partial charge is 0.387 e. The van der Waals surface area contributed by atoms with E-state index in [1.165, 1.54) is 44.2 Å². The van der Waals surface area contributed by atoms with Crippen LogP contribution in [0.15, 0.2) is 29.3 Å². The highest BCUT2D eigenvalue weighted by Crippen LogP contribution is 2.57. The van der Waals surface area contributed by atoms with E-state index in [4.69, 9.17) is 4.99 Å². The van der Waals surface area contributed by atoms with Crippen molar-refractivity contribution in [3.05, 3.63) is 29.8 Å². The summed E-state index contributed by atoms with van der Waals surface area (Å²) in [5, 5.41) is 16.8. The number of nitrogens with one attached hydrogen (secondary N) is 2. The summed E-state index contributed by atoms with van der Waals surface area (Å²) in [6.45, 7) is 1.03. The normalized spacial score (nSPS) is 19.4. The molecule has 0 saturated heterocycles. The Morgan fingerprint density at radius 2 is 1.93 bits per heavy atom. The Labute approximate surface area is 182 Å². The summed E-state index contributed by atoms with van der Waals surface area (Å²) in [6, 6.07) is 6.04. The second-order valence-electron chi connectivity index (χ2n) is 7.53. The number of aliphatic hydroxyl groups is 1. The highest BCUT2D eigenvalue weighted by Gasteiger charge is 2.48. The Bertz CT molecular complexity index is 635. The van der Waals surface area contributed by atoms with Gasteiger partial charge < -0.3 is 20.5 Å². The molecule has 2 fully saturated rings. The van der Waals surface area contributed by atoms with Crippen molar-refractivity contribution in [2.45, 2.75) is 51.7 Å². The van der Waals surface area contributed by atoms with Gasteiger partial charge in [0.1, 0.15) is 5.75 Å². The summed E-state index contributed by atoms with van der Waals surface area (Å²) in [5.74, 6) is 1.63. The van der Waals surface area contributed by atoms with E-state index in [0.717, 1.165) is 19.0 Å². The first-order valence-corrected chi connectivity index (χ1v) is 9.77. The standard InChI is InChI=1S/C20H29F2N3O2.HI/c1-2-23-19(25-13-20(10-3-11-20)15-6-7-15)24-12-17(26)14-4-8-16(9-5-14)27-18(21)22;/h4-5,8-9,15,17-18,26H,2-3,6-7,10-13H2,1H3,(H2,23,24,25);1H. The lowest BCUT2D eigenvalue weighted by atomic mass is 9.65. The van der Waals surface area contributed by atoms with Crippen molar-refractivity contribution in [3.8, 4) is 5.75 Å². The monoisotopic (exact) mass is 509 g/mol. The first-order chi connectivity index (χ1) is 13.0. The van der Waals surface area contributed by atoms with E-state index in [9.17, 15) is 13.9 Å². The van der Waals surface area contributed by atoms with E-state index < -0.39 is 12.7 Å². The minimum atomic E-state index is -2.85. The Morgan fingerprint density at radius 1 is 1.25 bits per heavy atom. The van der Waals surface area contributed by atoms with E-state index in [1.54, 1.807) is 12.1 Å². The van der Waals surface area contributed by atoms with Gasteiger partial charge in [-0.25, -0.2) is 0 Å². The number of guanidine groups is 1. The Kier molecular flexibility index (Phi) is 8.73. The third-order valence-electron chi connectivity index (χ3n) is 5.64. The molecule has 0 heterocycles. The van der Waals surface area contributed by atoms with Gasteiger partial charge in [-0.3, -0.25) is 4.99 Å². The zero-order valence-corrected chi connectivity index (χ0v) is 18.5. The topological polar surface area (TPSA) is 65.9 Å². The lowest BCUT2D eigenvalue weighted by molar-refractivity contribution is -0.0498. The molecule has 3 rings (SSSR count). The molecule has 0 amide bonds. The molecule has 1 aromatic carbocycles. The van der Waals surface area contributed by atoms with Gasteiger partial charge in [-0.05, 0) is 61.6 Å². The molecule has 1 unspecified atom stereocenters. The fourth-order valence-corrected chi connectivity index (χ4v) is 3.78. The zero-order valence-electron chi connectivity index (χ0n) is 16.2. The molecule has 2 aliphatic carbocycles. The van der Waals surface area contributed by atoms with Crippen molar-refractivity contribution in [2.24, 2.45) is 16.3 Å². The van der Waals surface area contributed by atoms with E-state index in [0.29, 0.717) is 16.9 Å². The van der Waals surface area contributed by atoms with Gasteiger partial charge in [0.05, 0.1) is 6.10 Å². The zero-order chi connectivity index (χ0) is 19.3. The molecular weight excluding hydrogens is 479 g/mol. The van der Waals surface area contributed by atoms with Crippen LogP contribution in [0.25, 0.3) is 0 Å². The van der Waals surface area contributed by atoms with Crippen LogP contribution < -0.4 is 15.4 Å². The second-order valence-corrected chi connectivity index (χ2v) is 7.53. The first-order valence-electron chi connectivity index (χ1n) is 9.77. The quantitative estimate of drug-likeness (QED) is 0.267. The number of rotatable bonds is 9. The fraction of sp³-hybridized carbons (Fsp3) is 0.650. The highest BCUT2D eigenvalue weighted by atomic mass is 127. The molecule has 3 N–H and O–H groups in total. The number of aliphatic imine (C=N–C) groups is 1. The molecule has 0 radical (unpaired) electrons. The summed E-state index contributed by atoms with van der Waals surface area (Å²) in [4.78, 5) is 4.76. The molecule has 1 atom stereocenters. The van der Waals surface area contributed by atoms with Crippen molar-refractivity contribution in [1.82, 2.24) is 10.6 Å². The number of hydrogen-bond acceptors (Lipinski definition) is 3. The summed E-state index contributed by atoms with van der Waals surface area (Å²) < 4.78 is 28.7.